The largest absolute Gasteiger partial charge is 0.355 e. The lowest BCUT2D eigenvalue weighted by Crippen LogP contribution is -2.54. The summed E-state index contributed by atoms with van der Waals surface area (Å²) in [6.07, 6.45) is 6.59. The van der Waals surface area contributed by atoms with Gasteiger partial charge < -0.3 is 10.2 Å². The van der Waals surface area contributed by atoms with Gasteiger partial charge in [0.05, 0.1) is 5.75 Å². The van der Waals surface area contributed by atoms with Gasteiger partial charge in [0.15, 0.2) is 5.96 Å². The van der Waals surface area contributed by atoms with Crippen molar-refractivity contribution in [1.82, 2.24) is 14.9 Å². The monoisotopic (exact) mass is 376 g/mol. The number of thioether (sulfide) groups is 1. The Labute approximate surface area is 151 Å². The highest BCUT2D eigenvalue weighted by molar-refractivity contribution is 8.00. The fraction of sp³-hybridized carbons (Fsp3) is 0.938. The van der Waals surface area contributed by atoms with Crippen LogP contribution in [0, 0.1) is 0 Å². The van der Waals surface area contributed by atoms with Crippen LogP contribution in [-0.2, 0) is 10.0 Å². The maximum atomic E-state index is 11.9. The lowest BCUT2D eigenvalue weighted by molar-refractivity contribution is 0.293. The van der Waals surface area contributed by atoms with Crippen LogP contribution >= 0.6 is 11.8 Å². The molecule has 1 aliphatic carbocycles. The molecule has 1 aliphatic heterocycles. The van der Waals surface area contributed by atoms with Gasteiger partial charge >= 0.3 is 0 Å². The summed E-state index contributed by atoms with van der Waals surface area (Å²) in [5, 5.41) is 3.24. The van der Waals surface area contributed by atoms with Gasteiger partial charge in [-0.2, -0.15) is 11.8 Å². The van der Waals surface area contributed by atoms with E-state index in [9.17, 15) is 8.42 Å². The second-order valence-electron chi connectivity index (χ2n) is 7.08. The van der Waals surface area contributed by atoms with E-state index < -0.39 is 10.0 Å². The van der Waals surface area contributed by atoms with Crippen molar-refractivity contribution in [3.63, 3.8) is 0 Å². The van der Waals surface area contributed by atoms with Crippen LogP contribution in [0.5, 0.6) is 0 Å². The summed E-state index contributed by atoms with van der Waals surface area (Å²) in [4.78, 5) is 6.69. The van der Waals surface area contributed by atoms with Gasteiger partial charge in [-0.1, -0.05) is 19.3 Å². The first-order valence-corrected chi connectivity index (χ1v) is 11.6. The molecule has 0 amide bonds. The first kappa shape index (κ1) is 19.8. The second kappa shape index (κ2) is 8.76. The summed E-state index contributed by atoms with van der Waals surface area (Å²) in [6, 6.07) is -0.0698. The number of nitrogens with one attached hydrogen (secondary N) is 2. The second-order valence-corrected chi connectivity index (χ2v) is 10.5. The summed E-state index contributed by atoms with van der Waals surface area (Å²) in [7, 11) is -1.46. The van der Waals surface area contributed by atoms with Crippen molar-refractivity contribution in [2.45, 2.75) is 56.7 Å². The van der Waals surface area contributed by atoms with Crippen LogP contribution in [0.15, 0.2) is 4.99 Å². The van der Waals surface area contributed by atoms with Gasteiger partial charge in [0.1, 0.15) is 0 Å². The molecule has 2 fully saturated rings. The van der Waals surface area contributed by atoms with Crippen molar-refractivity contribution in [2.75, 3.05) is 38.2 Å². The number of hydrogen-bond donors (Lipinski definition) is 2. The predicted molar refractivity (Wildman–Crippen MR) is 103 cm³/mol. The highest BCUT2D eigenvalue weighted by Crippen LogP contribution is 2.42. The highest BCUT2D eigenvalue weighted by Gasteiger charge is 2.38. The SMILES string of the molecule is CN=C(NCCS(=O)(=O)NC(C)C)N1CCSC2(CCCCC2)C1. The number of rotatable bonds is 5. The molecule has 1 saturated heterocycles. The van der Waals surface area contributed by atoms with Crippen LogP contribution in [-0.4, -0.2) is 68.3 Å². The predicted octanol–water partition coefficient (Wildman–Crippen LogP) is 1.64. The molecule has 0 unspecified atom stereocenters. The Balaban J connectivity index is 1.87. The normalized spacial score (nSPS) is 22.2. The Morgan fingerprint density at radius 3 is 2.62 bits per heavy atom. The van der Waals surface area contributed by atoms with Crippen LogP contribution in [0.1, 0.15) is 46.0 Å². The van der Waals surface area contributed by atoms with Crippen LogP contribution in [0.2, 0.25) is 0 Å². The number of aliphatic imine (C=N–C) groups is 1. The Morgan fingerprint density at radius 2 is 2.00 bits per heavy atom. The summed E-state index contributed by atoms with van der Waals surface area (Å²) >= 11 is 2.12. The van der Waals surface area contributed by atoms with Crippen molar-refractivity contribution in [1.29, 1.82) is 0 Å². The number of sulfonamides is 1. The van der Waals surface area contributed by atoms with Crippen molar-refractivity contribution in [2.24, 2.45) is 4.99 Å². The molecular weight excluding hydrogens is 344 g/mol. The zero-order chi connectivity index (χ0) is 17.6. The summed E-state index contributed by atoms with van der Waals surface area (Å²) in [6.45, 7) is 6.04. The minimum Gasteiger partial charge on any atom is -0.355 e. The van der Waals surface area contributed by atoms with Crippen LogP contribution in [0.4, 0.5) is 0 Å². The van der Waals surface area contributed by atoms with Gasteiger partial charge in [0.25, 0.3) is 0 Å². The van der Waals surface area contributed by atoms with E-state index in [1.807, 2.05) is 13.8 Å². The first-order chi connectivity index (χ1) is 11.4. The highest BCUT2D eigenvalue weighted by atomic mass is 32.2. The van der Waals surface area contributed by atoms with Gasteiger partial charge in [-0.3, -0.25) is 4.99 Å². The van der Waals surface area contributed by atoms with Crippen LogP contribution < -0.4 is 10.0 Å². The average Bonchev–Trinajstić information content (AvgIpc) is 2.51. The van der Waals surface area contributed by atoms with Crippen molar-refractivity contribution < 1.29 is 8.42 Å². The molecule has 1 spiro atoms. The number of hydrogen-bond acceptors (Lipinski definition) is 4. The molecule has 6 nitrogen and oxygen atoms in total. The van der Waals surface area contributed by atoms with Gasteiger partial charge in [0, 0.05) is 43.2 Å². The fourth-order valence-electron chi connectivity index (χ4n) is 3.57. The Kier molecular flexibility index (Phi) is 7.24. The van der Waals surface area contributed by atoms with E-state index in [1.54, 1.807) is 7.05 Å². The molecular formula is C16H32N4O2S2. The van der Waals surface area contributed by atoms with E-state index in [-0.39, 0.29) is 11.8 Å². The lowest BCUT2D eigenvalue weighted by atomic mass is 9.87. The molecule has 2 aliphatic rings. The molecule has 0 radical (unpaired) electrons. The van der Waals surface area contributed by atoms with Crippen molar-refractivity contribution in [3.05, 3.63) is 0 Å². The Morgan fingerprint density at radius 1 is 1.29 bits per heavy atom. The maximum absolute atomic E-state index is 11.9. The summed E-state index contributed by atoms with van der Waals surface area (Å²) < 4.78 is 26.8. The minimum atomic E-state index is -3.23. The third kappa shape index (κ3) is 5.81. The lowest BCUT2D eigenvalue weighted by Gasteiger charge is -2.45. The molecule has 1 saturated carbocycles. The molecule has 2 rings (SSSR count). The third-order valence-corrected chi connectivity index (χ3v) is 7.70. The molecule has 24 heavy (non-hydrogen) atoms. The molecule has 2 N–H and O–H groups in total. The zero-order valence-electron chi connectivity index (χ0n) is 15.2. The van der Waals surface area contributed by atoms with Crippen LogP contribution in [0.25, 0.3) is 0 Å². The molecule has 8 heteroatoms. The van der Waals surface area contributed by atoms with Gasteiger partial charge in [-0.05, 0) is 26.7 Å². The molecule has 1 heterocycles. The van der Waals surface area contributed by atoms with E-state index in [2.05, 4.69) is 31.7 Å². The standard InChI is InChI=1S/C16H32N4O2S2/c1-14(2)19-24(21,22)12-9-18-15(17-3)20-10-11-23-16(13-20)7-5-4-6-8-16/h14,19H,4-13H2,1-3H3,(H,17,18). The zero-order valence-corrected chi connectivity index (χ0v) is 16.8. The van der Waals surface area contributed by atoms with E-state index >= 15 is 0 Å². The summed E-state index contributed by atoms with van der Waals surface area (Å²) in [5.41, 5.74) is 0. The first-order valence-electron chi connectivity index (χ1n) is 8.95. The Hall–Kier alpha value is -0.470. The van der Waals surface area contributed by atoms with Gasteiger partial charge in [-0.15, -0.1) is 0 Å². The van der Waals surface area contributed by atoms with E-state index in [0.29, 0.717) is 11.3 Å². The van der Waals surface area contributed by atoms with E-state index in [4.69, 9.17) is 0 Å². The number of nitrogens with zero attached hydrogens (tertiary/aromatic N) is 2. The topological polar surface area (TPSA) is 73.8 Å². The number of guanidine groups is 1. The quantitative estimate of drug-likeness (QED) is 0.564. The third-order valence-electron chi connectivity index (χ3n) is 4.59. The Bertz CT molecular complexity index is 523. The smallest absolute Gasteiger partial charge is 0.213 e. The molecule has 0 aromatic rings. The molecule has 140 valence electrons. The molecule has 0 aromatic heterocycles. The fourth-order valence-corrected chi connectivity index (χ4v) is 6.35. The van der Waals surface area contributed by atoms with Gasteiger partial charge in [0.2, 0.25) is 10.0 Å². The van der Waals surface area contributed by atoms with Gasteiger partial charge in [-0.25, -0.2) is 13.1 Å². The average molecular weight is 377 g/mol. The molecule has 0 bridgehead atoms. The molecule has 0 aromatic carbocycles. The molecule has 0 atom stereocenters. The van der Waals surface area contributed by atoms with Crippen molar-refractivity contribution >= 4 is 27.7 Å². The minimum absolute atomic E-state index is 0.0674. The summed E-state index contributed by atoms with van der Waals surface area (Å²) in [5.74, 6) is 2.02. The maximum Gasteiger partial charge on any atom is 0.213 e. The van der Waals surface area contributed by atoms with E-state index in [1.165, 1.54) is 32.1 Å². The van der Waals surface area contributed by atoms with Crippen molar-refractivity contribution in [3.8, 4) is 0 Å². The van der Waals surface area contributed by atoms with E-state index in [0.717, 1.165) is 24.8 Å². The van der Waals surface area contributed by atoms with Crippen LogP contribution in [0.3, 0.4) is 0 Å².